The van der Waals surface area contributed by atoms with Crippen molar-refractivity contribution in [3.8, 4) is 11.3 Å². The van der Waals surface area contributed by atoms with Crippen LogP contribution in [-0.4, -0.2) is 38.1 Å². The lowest BCUT2D eigenvalue weighted by molar-refractivity contribution is -0.134. The van der Waals surface area contributed by atoms with Crippen LogP contribution in [0.25, 0.3) is 11.3 Å². The highest BCUT2D eigenvalue weighted by molar-refractivity contribution is 6.00. The fraction of sp³-hybridized carbons (Fsp3) is 0.464. The van der Waals surface area contributed by atoms with Gasteiger partial charge in [-0.2, -0.15) is 5.10 Å². The van der Waals surface area contributed by atoms with E-state index in [0.717, 1.165) is 36.9 Å². The van der Waals surface area contributed by atoms with E-state index in [0.29, 0.717) is 17.4 Å². The molecule has 0 spiro atoms. The van der Waals surface area contributed by atoms with E-state index in [1.165, 1.54) is 12.0 Å². The van der Waals surface area contributed by atoms with Crippen LogP contribution in [0.4, 0.5) is 0 Å². The number of carbonyl (C=O) groups is 2. The summed E-state index contributed by atoms with van der Waals surface area (Å²) < 4.78 is 7.25. The van der Waals surface area contributed by atoms with E-state index in [1.807, 2.05) is 31.2 Å². The van der Waals surface area contributed by atoms with Gasteiger partial charge in [-0.15, -0.1) is 0 Å². The standard InChI is InChI=1S/C28H34N4O3/c1-19(2)20-11-13-21(14-12-20)24-16-25-26(33)31(17-23-10-7-15-35-23)28(3,18-32(25)30-24)27(34)29-22-8-5-4-6-9-22/h7,10-16,19,22H,4-6,8-9,17-18H2,1-3H3,(H,29,34)/t28-/m0/s1. The number of amides is 2. The van der Waals surface area contributed by atoms with Crippen molar-refractivity contribution in [1.29, 1.82) is 0 Å². The van der Waals surface area contributed by atoms with Crippen molar-refractivity contribution >= 4 is 11.8 Å². The normalized spacial score (nSPS) is 20.8. The molecule has 0 bridgehead atoms. The molecule has 1 aromatic carbocycles. The van der Waals surface area contributed by atoms with Crippen LogP contribution in [0.2, 0.25) is 0 Å². The van der Waals surface area contributed by atoms with Gasteiger partial charge in [-0.3, -0.25) is 14.3 Å². The summed E-state index contributed by atoms with van der Waals surface area (Å²) >= 11 is 0. The minimum absolute atomic E-state index is 0.131. The molecule has 7 nitrogen and oxygen atoms in total. The Bertz CT molecular complexity index is 1190. The molecule has 184 valence electrons. The predicted octanol–water partition coefficient (Wildman–Crippen LogP) is 5.13. The van der Waals surface area contributed by atoms with Gasteiger partial charge in [0.05, 0.1) is 25.0 Å². The van der Waals surface area contributed by atoms with Crippen LogP contribution in [0.5, 0.6) is 0 Å². The number of nitrogens with zero attached hydrogens (tertiary/aromatic N) is 3. The summed E-state index contributed by atoms with van der Waals surface area (Å²) in [6, 6.07) is 13.9. The minimum Gasteiger partial charge on any atom is -0.467 e. The minimum atomic E-state index is -1.08. The number of carbonyl (C=O) groups excluding carboxylic acids is 2. The number of furan rings is 1. The van der Waals surface area contributed by atoms with Crippen LogP contribution in [0.15, 0.2) is 53.1 Å². The third-order valence-corrected chi connectivity index (χ3v) is 7.49. The molecule has 1 aliphatic carbocycles. The first-order valence-electron chi connectivity index (χ1n) is 12.7. The molecule has 1 aliphatic heterocycles. The van der Waals surface area contributed by atoms with E-state index >= 15 is 0 Å². The van der Waals surface area contributed by atoms with Gasteiger partial charge in [-0.05, 0) is 49.4 Å². The Balaban J connectivity index is 1.48. The smallest absolute Gasteiger partial charge is 0.273 e. The third kappa shape index (κ3) is 4.51. The van der Waals surface area contributed by atoms with E-state index in [9.17, 15) is 9.59 Å². The molecular weight excluding hydrogens is 440 g/mol. The first kappa shape index (κ1) is 23.4. The largest absolute Gasteiger partial charge is 0.467 e. The third-order valence-electron chi connectivity index (χ3n) is 7.49. The van der Waals surface area contributed by atoms with Gasteiger partial charge in [0.1, 0.15) is 17.0 Å². The SMILES string of the molecule is CC(C)c1ccc(-c2cc3n(n2)C[C@@](C)(C(=O)NC2CCCCC2)N(Cc2ccco2)C3=O)cc1. The molecule has 3 heterocycles. The van der Waals surface area contributed by atoms with Crippen LogP contribution in [0, 0.1) is 0 Å². The molecule has 3 aromatic rings. The van der Waals surface area contributed by atoms with Crippen molar-refractivity contribution in [3.05, 3.63) is 65.7 Å². The van der Waals surface area contributed by atoms with Crippen molar-refractivity contribution in [2.45, 2.75) is 83.5 Å². The number of benzene rings is 1. The Morgan fingerprint density at radius 2 is 1.91 bits per heavy atom. The predicted molar refractivity (Wildman–Crippen MR) is 134 cm³/mol. The zero-order chi connectivity index (χ0) is 24.6. The average molecular weight is 475 g/mol. The van der Waals surface area contributed by atoms with Crippen molar-refractivity contribution in [1.82, 2.24) is 20.0 Å². The quantitative estimate of drug-likeness (QED) is 0.537. The lowest BCUT2D eigenvalue weighted by Crippen LogP contribution is -2.64. The molecule has 0 unspecified atom stereocenters. The molecule has 0 radical (unpaired) electrons. The Morgan fingerprint density at radius 3 is 2.57 bits per heavy atom. The van der Waals surface area contributed by atoms with Crippen molar-refractivity contribution < 1.29 is 14.0 Å². The monoisotopic (exact) mass is 474 g/mol. The van der Waals surface area contributed by atoms with Gasteiger partial charge in [-0.25, -0.2) is 0 Å². The van der Waals surface area contributed by atoms with Gasteiger partial charge in [0.15, 0.2) is 0 Å². The fourth-order valence-electron chi connectivity index (χ4n) is 5.22. The molecule has 1 saturated carbocycles. The van der Waals surface area contributed by atoms with E-state index < -0.39 is 5.54 Å². The maximum Gasteiger partial charge on any atom is 0.273 e. The highest BCUT2D eigenvalue weighted by Gasteiger charge is 2.48. The zero-order valence-electron chi connectivity index (χ0n) is 20.8. The van der Waals surface area contributed by atoms with E-state index in [4.69, 9.17) is 9.52 Å². The molecule has 7 heteroatoms. The number of aromatic nitrogens is 2. The van der Waals surface area contributed by atoms with Crippen molar-refractivity contribution in [2.75, 3.05) is 0 Å². The molecule has 2 amide bonds. The van der Waals surface area contributed by atoms with Gasteiger partial charge >= 0.3 is 0 Å². The second-order valence-corrected chi connectivity index (χ2v) is 10.4. The second kappa shape index (κ2) is 9.36. The summed E-state index contributed by atoms with van der Waals surface area (Å²) in [7, 11) is 0. The number of rotatable bonds is 6. The lowest BCUT2D eigenvalue weighted by Gasteiger charge is -2.43. The van der Waals surface area contributed by atoms with Crippen LogP contribution < -0.4 is 5.32 Å². The number of hydrogen-bond donors (Lipinski definition) is 1. The summed E-state index contributed by atoms with van der Waals surface area (Å²) in [4.78, 5) is 29.1. The molecule has 5 rings (SSSR count). The van der Waals surface area contributed by atoms with Crippen LogP contribution in [0.1, 0.15) is 80.6 Å². The van der Waals surface area contributed by atoms with E-state index in [-0.39, 0.29) is 30.9 Å². The summed E-state index contributed by atoms with van der Waals surface area (Å²) in [5.41, 5.74) is 2.35. The van der Waals surface area contributed by atoms with Gasteiger partial charge < -0.3 is 14.6 Å². The highest BCUT2D eigenvalue weighted by Crippen LogP contribution is 2.32. The Morgan fingerprint density at radius 1 is 1.17 bits per heavy atom. The highest BCUT2D eigenvalue weighted by atomic mass is 16.3. The number of nitrogens with one attached hydrogen (secondary N) is 1. The summed E-state index contributed by atoms with van der Waals surface area (Å²) in [6.07, 6.45) is 7.02. The number of hydrogen-bond acceptors (Lipinski definition) is 4. The van der Waals surface area contributed by atoms with Gasteiger partial charge in [0, 0.05) is 11.6 Å². The van der Waals surface area contributed by atoms with E-state index in [1.54, 1.807) is 21.9 Å². The van der Waals surface area contributed by atoms with Crippen molar-refractivity contribution in [2.24, 2.45) is 0 Å². The Kier molecular flexibility index (Phi) is 6.26. The molecule has 0 saturated heterocycles. The van der Waals surface area contributed by atoms with Crippen LogP contribution in [-0.2, 0) is 17.9 Å². The Labute approximate surface area is 206 Å². The Hall–Kier alpha value is -3.35. The van der Waals surface area contributed by atoms with E-state index in [2.05, 4.69) is 31.3 Å². The topological polar surface area (TPSA) is 80.4 Å². The summed E-state index contributed by atoms with van der Waals surface area (Å²) in [6.45, 7) is 6.68. The maximum absolute atomic E-state index is 13.8. The zero-order valence-corrected chi connectivity index (χ0v) is 20.8. The van der Waals surface area contributed by atoms with Gasteiger partial charge in [0.25, 0.3) is 5.91 Å². The molecule has 2 aliphatic rings. The first-order chi connectivity index (χ1) is 16.8. The van der Waals surface area contributed by atoms with Crippen LogP contribution >= 0.6 is 0 Å². The fourth-order valence-corrected chi connectivity index (χ4v) is 5.22. The molecular formula is C28H34N4O3. The van der Waals surface area contributed by atoms with Gasteiger partial charge in [0.2, 0.25) is 5.91 Å². The molecule has 35 heavy (non-hydrogen) atoms. The van der Waals surface area contributed by atoms with Crippen molar-refractivity contribution in [3.63, 3.8) is 0 Å². The summed E-state index contributed by atoms with van der Waals surface area (Å²) in [5, 5.41) is 8.01. The first-order valence-corrected chi connectivity index (χ1v) is 12.7. The molecule has 2 aromatic heterocycles. The van der Waals surface area contributed by atoms with Crippen LogP contribution in [0.3, 0.4) is 0 Å². The van der Waals surface area contributed by atoms with Gasteiger partial charge in [-0.1, -0.05) is 57.4 Å². The molecule has 1 atom stereocenters. The average Bonchev–Trinajstić information content (AvgIpc) is 3.52. The second-order valence-electron chi connectivity index (χ2n) is 10.4. The molecule has 1 fully saturated rings. The number of fused-ring (bicyclic) bond motifs is 1. The maximum atomic E-state index is 13.8. The summed E-state index contributed by atoms with van der Waals surface area (Å²) in [5.74, 6) is 0.742. The lowest BCUT2D eigenvalue weighted by atomic mass is 9.91. The molecule has 1 N–H and O–H groups in total.